The second-order valence-electron chi connectivity index (χ2n) is 5.79. The van der Waals surface area contributed by atoms with E-state index < -0.39 is 0 Å². The predicted octanol–water partition coefficient (Wildman–Crippen LogP) is 2.93. The lowest BCUT2D eigenvalue weighted by molar-refractivity contribution is 0.135. The van der Waals surface area contributed by atoms with Crippen molar-refractivity contribution in [3.8, 4) is 0 Å². The topological polar surface area (TPSA) is 24.7 Å². The molecule has 2 heteroatoms. The minimum atomic E-state index is -0.153. The first kappa shape index (κ1) is 10.4. The fraction of sp³-hybridized carbons (Fsp3) is 0.818. The van der Waals surface area contributed by atoms with Crippen molar-refractivity contribution in [2.75, 3.05) is 0 Å². The maximum Gasteiger partial charge on any atom is 0.110 e. The third-order valence-corrected chi connectivity index (χ3v) is 2.88. The van der Waals surface area contributed by atoms with Crippen molar-refractivity contribution in [1.29, 1.82) is 0 Å². The van der Waals surface area contributed by atoms with E-state index in [2.05, 4.69) is 51.5 Å². The summed E-state index contributed by atoms with van der Waals surface area (Å²) in [7, 11) is 0. The monoisotopic (exact) mass is 180 g/mol. The molecule has 1 rings (SSSR count). The van der Waals surface area contributed by atoms with Crippen molar-refractivity contribution in [2.24, 2.45) is 20.8 Å². The Balaban J connectivity index is 3.19. The van der Waals surface area contributed by atoms with Crippen LogP contribution in [0.15, 0.2) is 9.98 Å². The van der Waals surface area contributed by atoms with Gasteiger partial charge in [0.25, 0.3) is 0 Å². The van der Waals surface area contributed by atoms with Crippen LogP contribution in [0.3, 0.4) is 0 Å². The Morgan fingerprint density at radius 1 is 0.923 bits per heavy atom. The van der Waals surface area contributed by atoms with Gasteiger partial charge < -0.3 is 0 Å². The van der Waals surface area contributed by atoms with Gasteiger partial charge >= 0.3 is 0 Å². The molecule has 0 amide bonds. The SMILES string of the molecule is CC(C)(C)C1(C(C)(C)C)C=NC=N1. The standard InChI is InChI=1S/C11H20N2/c1-9(2,3)11(10(4,5)6)7-12-8-13-11/h7-8H,1-6H3. The summed E-state index contributed by atoms with van der Waals surface area (Å²) in [6.07, 6.45) is 3.67. The molecule has 2 nitrogen and oxygen atoms in total. The molecule has 1 aliphatic heterocycles. The zero-order valence-electron chi connectivity index (χ0n) is 9.55. The van der Waals surface area contributed by atoms with Gasteiger partial charge in [0.1, 0.15) is 11.9 Å². The second kappa shape index (κ2) is 2.66. The summed E-state index contributed by atoms with van der Waals surface area (Å²) in [6.45, 7) is 13.3. The molecule has 1 heterocycles. The third kappa shape index (κ3) is 1.43. The second-order valence-corrected chi connectivity index (χ2v) is 5.79. The van der Waals surface area contributed by atoms with Crippen LogP contribution in [0.2, 0.25) is 0 Å². The van der Waals surface area contributed by atoms with E-state index in [9.17, 15) is 0 Å². The highest BCUT2D eigenvalue weighted by Gasteiger charge is 2.50. The fourth-order valence-electron chi connectivity index (χ4n) is 2.20. The fourth-order valence-corrected chi connectivity index (χ4v) is 2.20. The largest absolute Gasteiger partial charge is 0.260 e. The Morgan fingerprint density at radius 2 is 1.38 bits per heavy atom. The van der Waals surface area contributed by atoms with Gasteiger partial charge in [0.05, 0.1) is 0 Å². The molecule has 0 N–H and O–H groups in total. The Hall–Kier alpha value is -0.660. The van der Waals surface area contributed by atoms with E-state index in [1.165, 1.54) is 0 Å². The summed E-state index contributed by atoms with van der Waals surface area (Å²) in [5.74, 6) is 0. The number of hydrogen-bond acceptors (Lipinski definition) is 2. The molecule has 0 fully saturated rings. The summed E-state index contributed by atoms with van der Waals surface area (Å²) in [5.41, 5.74) is 0.0729. The summed E-state index contributed by atoms with van der Waals surface area (Å²) < 4.78 is 0. The summed E-state index contributed by atoms with van der Waals surface area (Å²) >= 11 is 0. The molecule has 0 bridgehead atoms. The normalized spacial score (nSPS) is 21.1. The van der Waals surface area contributed by atoms with Crippen LogP contribution in [0, 0.1) is 10.8 Å². The van der Waals surface area contributed by atoms with Gasteiger partial charge in [-0.05, 0) is 10.8 Å². The molecule has 0 spiro atoms. The van der Waals surface area contributed by atoms with E-state index in [-0.39, 0.29) is 16.4 Å². The molecule has 0 radical (unpaired) electrons. The molecule has 0 atom stereocenters. The number of rotatable bonds is 0. The van der Waals surface area contributed by atoms with Crippen LogP contribution in [0.1, 0.15) is 41.5 Å². The van der Waals surface area contributed by atoms with E-state index >= 15 is 0 Å². The van der Waals surface area contributed by atoms with Crippen LogP contribution < -0.4 is 0 Å². The Kier molecular flexibility index (Phi) is 2.13. The van der Waals surface area contributed by atoms with Gasteiger partial charge in [-0.25, -0.2) is 4.99 Å². The average molecular weight is 180 g/mol. The number of hydrogen-bond donors (Lipinski definition) is 0. The zero-order chi connectivity index (χ0) is 10.3. The maximum absolute atomic E-state index is 4.56. The highest BCUT2D eigenvalue weighted by Crippen LogP contribution is 2.46. The maximum atomic E-state index is 4.56. The number of aliphatic imine (C=N–C) groups is 2. The molecule has 0 saturated carbocycles. The lowest BCUT2D eigenvalue weighted by atomic mass is 9.61. The molecule has 0 aromatic heterocycles. The summed E-state index contributed by atoms with van der Waals surface area (Å²) in [6, 6.07) is 0. The van der Waals surface area contributed by atoms with Gasteiger partial charge in [0.15, 0.2) is 0 Å². The van der Waals surface area contributed by atoms with Crippen molar-refractivity contribution in [2.45, 2.75) is 47.1 Å². The molecule has 0 aromatic carbocycles. The van der Waals surface area contributed by atoms with E-state index in [4.69, 9.17) is 0 Å². The van der Waals surface area contributed by atoms with Crippen molar-refractivity contribution < 1.29 is 0 Å². The van der Waals surface area contributed by atoms with Gasteiger partial charge in [-0.1, -0.05) is 41.5 Å². The molecule has 0 aromatic rings. The van der Waals surface area contributed by atoms with Crippen molar-refractivity contribution in [3.63, 3.8) is 0 Å². The highest BCUT2D eigenvalue weighted by atomic mass is 15.0. The molecule has 74 valence electrons. The Labute approximate surface area is 81.2 Å². The quantitative estimate of drug-likeness (QED) is 0.547. The molecule has 1 aliphatic rings. The number of nitrogens with zero attached hydrogens (tertiary/aromatic N) is 2. The van der Waals surface area contributed by atoms with Crippen molar-refractivity contribution >= 4 is 12.6 Å². The van der Waals surface area contributed by atoms with Crippen molar-refractivity contribution in [1.82, 2.24) is 0 Å². The predicted molar refractivity (Wildman–Crippen MR) is 58.6 cm³/mol. The average Bonchev–Trinajstić information content (AvgIpc) is 2.28. The van der Waals surface area contributed by atoms with E-state index in [1.54, 1.807) is 6.34 Å². The molecule has 0 saturated heterocycles. The van der Waals surface area contributed by atoms with Crippen LogP contribution in [0.25, 0.3) is 0 Å². The van der Waals surface area contributed by atoms with Gasteiger partial charge in [-0.2, -0.15) is 0 Å². The first-order chi connectivity index (χ1) is 5.71. The molecule has 0 unspecified atom stereocenters. The first-order valence-corrected chi connectivity index (χ1v) is 4.79. The zero-order valence-corrected chi connectivity index (χ0v) is 9.55. The Bertz CT molecular complexity index is 220. The van der Waals surface area contributed by atoms with Crippen LogP contribution in [0.4, 0.5) is 0 Å². The van der Waals surface area contributed by atoms with Gasteiger partial charge in [-0.3, -0.25) is 4.99 Å². The lowest BCUT2D eigenvalue weighted by Gasteiger charge is -2.46. The minimum Gasteiger partial charge on any atom is -0.260 e. The summed E-state index contributed by atoms with van der Waals surface area (Å²) in [5, 5.41) is 0. The van der Waals surface area contributed by atoms with Crippen LogP contribution >= 0.6 is 0 Å². The van der Waals surface area contributed by atoms with Gasteiger partial charge in [-0.15, -0.1) is 0 Å². The smallest absolute Gasteiger partial charge is 0.110 e. The third-order valence-electron chi connectivity index (χ3n) is 2.88. The first-order valence-electron chi connectivity index (χ1n) is 4.79. The molecular formula is C11H20N2. The molecular weight excluding hydrogens is 160 g/mol. The van der Waals surface area contributed by atoms with Crippen LogP contribution in [0.5, 0.6) is 0 Å². The Morgan fingerprint density at radius 3 is 1.54 bits per heavy atom. The molecule has 13 heavy (non-hydrogen) atoms. The van der Waals surface area contributed by atoms with E-state index in [1.807, 2.05) is 6.21 Å². The van der Waals surface area contributed by atoms with Crippen LogP contribution in [-0.4, -0.2) is 18.1 Å². The van der Waals surface area contributed by atoms with Gasteiger partial charge in [0.2, 0.25) is 0 Å². The van der Waals surface area contributed by atoms with Crippen LogP contribution in [-0.2, 0) is 0 Å². The van der Waals surface area contributed by atoms with Crippen molar-refractivity contribution in [3.05, 3.63) is 0 Å². The lowest BCUT2D eigenvalue weighted by Crippen LogP contribution is -2.51. The summed E-state index contributed by atoms with van der Waals surface area (Å²) in [4.78, 5) is 8.72. The molecule has 0 aliphatic carbocycles. The highest BCUT2D eigenvalue weighted by molar-refractivity contribution is 5.87. The minimum absolute atomic E-state index is 0.113. The van der Waals surface area contributed by atoms with E-state index in [0.29, 0.717) is 0 Å². The van der Waals surface area contributed by atoms with E-state index in [0.717, 1.165) is 0 Å². The van der Waals surface area contributed by atoms with Gasteiger partial charge in [0, 0.05) is 6.21 Å².